The smallest absolute Gasteiger partial charge is 0.132 e. The number of methoxy groups -OCH3 is 1. The first-order valence-corrected chi connectivity index (χ1v) is 5.60. The topological polar surface area (TPSA) is 26.3 Å². The molecule has 0 aliphatic carbocycles. The molecule has 0 spiro atoms. The number of hydrogen-bond acceptors (Lipinski definition) is 2. The average molecular weight is 220 g/mol. The monoisotopic (exact) mass is 220 g/mol. The van der Waals surface area contributed by atoms with E-state index in [0.29, 0.717) is 0 Å². The van der Waals surface area contributed by atoms with Crippen molar-refractivity contribution in [1.82, 2.24) is 0 Å². The molecule has 0 aliphatic heterocycles. The molecule has 1 rings (SSSR count). The van der Waals surface area contributed by atoms with Crippen molar-refractivity contribution < 1.29 is 9.53 Å². The van der Waals surface area contributed by atoms with Crippen molar-refractivity contribution in [2.45, 2.75) is 34.1 Å². The lowest BCUT2D eigenvalue weighted by Gasteiger charge is -2.15. The van der Waals surface area contributed by atoms with Crippen LogP contribution >= 0.6 is 0 Å². The standard InChI is InChI=1S/C14H20O2/c1-9-6-11(3)14(16-5)13(7-9)8-10(2)12(4)15/h6-7,10H,8H2,1-5H3. The van der Waals surface area contributed by atoms with Gasteiger partial charge in [0.2, 0.25) is 0 Å². The summed E-state index contributed by atoms with van der Waals surface area (Å²) in [5, 5.41) is 0. The zero-order chi connectivity index (χ0) is 12.3. The van der Waals surface area contributed by atoms with Gasteiger partial charge in [-0.1, -0.05) is 24.6 Å². The van der Waals surface area contributed by atoms with Crippen LogP contribution in [0.3, 0.4) is 0 Å². The molecule has 0 saturated carbocycles. The molecule has 0 saturated heterocycles. The maximum atomic E-state index is 11.3. The van der Waals surface area contributed by atoms with Crippen LogP contribution in [0.15, 0.2) is 12.1 Å². The summed E-state index contributed by atoms with van der Waals surface area (Å²) in [7, 11) is 1.68. The molecule has 0 heterocycles. The van der Waals surface area contributed by atoms with Gasteiger partial charge in [-0.05, 0) is 38.3 Å². The molecule has 2 nitrogen and oxygen atoms in total. The third-order valence-electron chi connectivity index (χ3n) is 2.92. The van der Waals surface area contributed by atoms with E-state index >= 15 is 0 Å². The van der Waals surface area contributed by atoms with Gasteiger partial charge in [-0.2, -0.15) is 0 Å². The number of ketones is 1. The highest BCUT2D eigenvalue weighted by Gasteiger charge is 2.13. The molecular weight excluding hydrogens is 200 g/mol. The molecule has 0 fully saturated rings. The molecule has 16 heavy (non-hydrogen) atoms. The maximum absolute atomic E-state index is 11.3. The van der Waals surface area contributed by atoms with Crippen LogP contribution in [0, 0.1) is 19.8 Å². The molecule has 0 radical (unpaired) electrons. The van der Waals surface area contributed by atoms with Crippen molar-refractivity contribution in [3.63, 3.8) is 0 Å². The third kappa shape index (κ3) is 2.84. The van der Waals surface area contributed by atoms with E-state index in [-0.39, 0.29) is 11.7 Å². The molecule has 1 unspecified atom stereocenters. The fraction of sp³-hybridized carbons (Fsp3) is 0.500. The normalized spacial score (nSPS) is 12.3. The van der Waals surface area contributed by atoms with Crippen LogP contribution in [-0.2, 0) is 11.2 Å². The van der Waals surface area contributed by atoms with Crippen LogP contribution in [0.1, 0.15) is 30.5 Å². The van der Waals surface area contributed by atoms with Gasteiger partial charge >= 0.3 is 0 Å². The highest BCUT2D eigenvalue weighted by molar-refractivity contribution is 5.78. The molecule has 1 aromatic carbocycles. The fourth-order valence-electron chi connectivity index (χ4n) is 1.96. The second-order valence-electron chi connectivity index (χ2n) is 4.49. The van der Waals surface area contributed by atoms with E-state index in [4.69, 9.17) is 4.74 Å². The summed E-state index contributed by atoms with van der Waals surface area (Å²) in [4.78, 5) is 11.3. The fourth-order valence-corrected chi connectivity index (χ4v) is 1.96. The summed E-state index contributed by atoms with van der Waals surface area (Å²) in [6, 6.07) is 4.20. The molecular formula is C14H20O2. The SMILES string of the molecule is COc1c(C)cc(C)cc1CC(C)C(C)=O. The highest BCUT2D eigenvalue weighted by atomic mass is 16.5. The summed E-state index contributed by atoms with van der Waals surface area (Å²) >= 11 is 0. The van der Waals surface area contributed by atoms with Crippen LogP contribution in [0.2, 0.25) is 0 Å². The lowest BCUT2D eigenvalue weighted by atomic mass is 9.94. The minimum atomic E-state index is 0.0510. The van der Waals surface area contributed by atoms with E-state index in [1.807, 2.05) is 13.8 Å². The van der Waals surface area contributed by atoms with Gasteiger partial charge in [-0.3, -0.25) is 4.79 Å². The second-order valence-corrected chi connectivity index (χ2v) is 4.49. The van der Waals surface area contributed by atoms with Crippen molar-refractivity contribution in [1.29, 1.82) is 0 Å². The van der Waals surface area contributed by atoms with Gasteiger partial charge in [0, 0.05) is 5.92 Å². The number of rotatable bonds is 4. The summed E-state index contributed by atoms with van der Waals surface area (Å²) in [6.45, 7) is 7.70. The van der Waals surface area contributed by atoms with E-state index in [9.17, 15) is 4.79 Å². The van der Waals surface area contributed by atoms with Crippen molar-refractivity contribution in [2.24, 2.45) is 5.92 Å². The van der Waals surface area contributed by atoms with Gasteiger partial charge in [-0.15, -0.1) is 0 Å². The first kappa shape index (κ1) is 12.8. The minimum absolute atomic E-state index is 0.0510. The van der Waals surface area contributed by atoms with E-state index in [2.05, 4.69) is 19.1 Å². The van der Waals surface area contributed by atoms with E-state index in [0.717, 1.165) is 23.3 Å². The lowest BCUT2D eigenvalue weighted by Crippen LogP contribution is -2.10. The molecule has 0 amide bonds. The van der Waals surface area contributed by atoms with Gasteiger partial charge in [0.25, 0.3) is 0 Å². The Bertz CT molecular complexity index is 394. The van der Waals surface area contributed by atoms with Gasteiger partial charge in [0.15, 0.2) is 0 Å². The molecule has 0 aliphatic rings. The largest absolute Gasteiger partial charge is 0.496 e. The van der Waals surface area contributed by atoms with E-state index in [1.165, 1.54) is 5.56 Å². The zero-order valence-corrected chi connectivity index (χ0v) is 10.8. The van der Waals surface area contributed by atoms with Crippen molar-refractivity contribution in [2.75, 3.05) is 7.11 Å². The molecule has 0 aromatic heterocycles. The maximum Gasteiger partial charge on any atom is 0.132 e. The average Bonchev–Trinajstić information content (AvgIpc) is 2.16. The molecule has 88 valence electrons. The Morgan fingerprint density at radius 2 is 2.00 bits per heavy atom. The molecule has 0 N–H and O–H groups in total. The number of aryl methyl sites for hydroxylation is 2. The Labute approximate surface area is 97.6 Å². The number of ether oxygens (including phenoxy) is 1. The number of carbonyl (C=O) groups excluding carboxylic acids is 1. The Morgan fingerprint density at radius 1 is 1.38 bits per heavy atom. The van der Waals surface area contributed by atoms with Crippen LogP contribution < -0.4 is 4.74 Å². The van der Waals surface area contributed by atoms with Crippen molar-refractivity contribution in [3.05, 3.63) is 28.8 Å². The van der Waals surface area contributed by atoms with E-state index < -0.39 is 0 Å². The highest BCUT2D eigenvalue weighted by Crippen LogP contribution is 2.27. The Hall–Kier alpha value is -1.31. The van der Waals surface area contributed by atoms with Crippen LogP contribution in [0.25, 0.3) is 0 Å². The summed E-state index contributed by atoms with van der Waals surface area (Å²) < 4.78 is 5.40. The lowest BCUT2D eigenvalue weighted by molar-refractivity contribution is -0.120. The van der Waals surface area contributed by atoms with Gasteiger partial charge in [0.1, 0.15) is 11.5 Å². The predicted molar refractivity (Wildman–Crippen MR) is 66.0 cm³/mol. The van der Waals surface area contributed by atoms with Crippen molar-refractivity contribution in [3.8, 4) is 5.75 Å². The first-order valence-electron chi connectivity index (χ1n) is 5.60. The van der Waals surface area contributed by atoms with Gasteiger partial charge in [-0.25, -0.2) is 0 Å². The van der Waals surface area contributed by atoms with E-state index in [1.54, 1.807) is 14.0 Å². The molecule has 1 aromatic rings. The summed E-state index contributed by atoms with van der Waals surface area (Å²) in [6.07, 6.45) is 0.751. The number of carbonyl (C=O) groups is 1. The summed E-state index contributed by atoms with van der Waals surface area (Å²) in [5.41, 5.74) is 3.47. The zero-order valence-electron chi connectivity index (χ0n) is 10.8. The van der Waals surface area contributed by atoms with Crippen LogP contribution in [0.4, 0.5) is 0 Å². The Balaban J connectivity index is 3.07. The van der Waals surface area contributed by atoms with Crippen molar-refractivity contribution >= 4 is 5.78 Å². The number of Topliss-reactive ketones (excluding diaryl/α,β-unsaturated/α-hetero) is 1. The third-order valence-corrected chi connectivity index (χ3v) is 2.92. The minimum Gasteiger partial charge on any atom is -0.496 e. The molecule has 1 atom stereocenters. The predicted octanol–water partition coefficient (Wildman–Crippen LogP) is 3.08. The first-order chi connectivity index (χ1) is 7.45. The summed E-state index contributed by atoms with van der Waals surface area (Å²) in [5.74, 6) is 1.19. The Morgan fingerprint density at radius 3 is 2.50 bits per heavy atom. The Kier molecular flexibility index (Phi) is 4.11. The number of hydrogen-bond donors (Lipinski definition) is 0. The van der Waals surface area contributed by atoms with Crippen LogP contribution in [0.5, 0.6) is 5.75 Å². The molecule has 0 bridgehead atoms. The second kappa shape index (κ2) is 5.15. The van der Waals surface area contributed by atoms with Crippen LogP contribution in [-0.4, -0.2) is 12.9 Å². The molecule has 2 heteroatoms. The quantitative estimate of drug-likeness (QED) is 0.779. The van der Waals surface area contributed by atoms with Gasteiger partial charge < -0.3 is 4.74 Å². The van der Waals surface area contributed by atoms with Gasteiger partial charge in [0.05, 0.1) is 7.11 Å². The number of benzene rings is 1.